The number of ether oxygens (including phenoxy) is 1. The minimum atomic E-state index is -5.14. The van der Waals surface area contributed by atoms with Crippen LogP contribution >= 0.6 is 0 Å². The molecule has 1 unspecified atom stereocenters. The van der Waals surface area contributed by atoms with Crippen LogP contribution in [0.2, 0.25) is 0 Å². The van der Waals surface area contributed by atoms with E-state index in [2.05, 4.69) is 0 Å². The van der Waals surface area contributed by atoms with Crippen molar-refractivity contribution >= 4 is 11.8 Å². The Morgan fingerprint density at radius 1 is 1.13 bits per heavy atom. The van der Waals surface area contributed by atoms with E-state index in [-0.39, 0.29) is 24.6 Å². The molecule has 1 N–H and O–H groups in total. The van der Waals surface area contributed by atoms with Crippen LogP contribution in [0.3, 0.4) is 0 Å². The fourth-order valence-electron chi connectivity index (χ4n) is 5.49. The summed E-state index contributed by atoms with van der Waals surface area (Å²) in [5.74, 6) is 0.0953. The highest BCUT2D eigenvalue weighted by Crippen LogP contribution is 2.50. The minimum Gasteiger partial charge on any atom is -0.494 e. The van der Waals surface area contributed by atoms with Gasteiger partial charge in [-0.1, -0.05) is 30.3 Å². The van der Waals surface area contributed by atoms with Crippen LogP contribution in [-0.4, -0.2) is 66.7 Å². The van der Waals surface area contributed by atoms with Crippen molar-refractivity contribution in [3.05, 3.63) is 65.2 Å². The van der Waals surface area contributed by atoms with Gasteiger partial charge in [-0.2, -0.15) is 18.4 Å². The average molecular weight is 544 g/mol. The van der Waals surface area contributed by atoms with Gasteiger partial charge in [0.05, 0.1) is 17.7 Å². The van der Waals surface area contributed by atoms with Gasteiger partial charge in [0.25, 0.3) is 17.4 Å². The van der Waals surface area contributed by atoms with E-state index in [1.165, 1.54) is 23.1 Å². The lowest BCUT2D eigenvalue weighted by Gasteiger charge is -2.38. The molecule has 7 nitrogen and oxygen atoms in total. The maximum absolute atomic E-state index is 13.9. The number of carbonyl (C=O) groups excluding carboxylic acids is 2. The smallest absolute Gasteiger partial charge is 0.430 e. The fourth-order valence-corrected chi connectivity index (χ4v) is 5.49. The number of amides is 2. The van der Waals surface area contributed by atoms with Crippen LogP contribution in [0.25, 0.3) is 0 Å². The number of benzene rings is 2. The van der Waals surface area contributed by atoms with Gasteiger partial charge in [0.2, 0.25) is 0 Å². The lowest BCUT2D eigenvalue weighted by molar-refractivity contribution is -0.262. The van der Waals surface area contributed by atoms with Crippen LogP contribution in [0.1, 0.15) is 47.2 Å². The van der Waals surface area contributed by atoms with Crippen LogP contribution in [0, 0.1) is 29.1 Å². The third-order valence-electron chi connectivity index (χ3n) is 7.83. The van der Waals surface area contributed by atoms with E-state index < -0.39 is 23.2 Å². The van der Waals surface area contributed by atoms with Gasteiger partial charge in [0.15, 0.2) is 0 Å². The zero-order valence-electron chi connectivity index (χ0n) is 21.9. The first kappa shape index (κ1) is 28.4. The molecule has 2 aromatic carbocycles. The Bertz CT molecular complexity index is 1240. The molecule has 2 fully saturated rings. The van der Waals surface area contributed by atoms with Crippen molar-refractivity contribution in [3.63, 3.8) is 0 Å². The maximum Gasteiger partial charge on any atom is 0.430 e. The zero-order valence-corrected chi connectivity index (χ0v) is 21.9. The molecule has 1 heterocycles. The topological polar surface area (TPSA) is 93.9 Å². The van der Waals surface area contributed by atoms with Crippen LogP contribution in [-0.2, 0) is 10.4 Å². The first-order valence-corrected chi connectivity index (χ1v) is 13.0. The summed E-state index contributed by atoms with van der Waals surface area (Å²) >= 11 is 0. The third kappa shape index (κ3) is 5.88. The van der Waals surface area contributed by atoms with Gasteiger partial charge in [-0.25, -0.2) is 0 Å². The van der Waals surface area contributed by atoms with Gasteiger partial charge >= 0.3 is 6.18 Å². The molecule has 208 valence electrons. The van der Waals surface area contributed by atoms with Crippen molar-refractivity contribution in [1.29, 1.82) is 5.26 Å². The van der Waals surface area contributed by atoms with Crippen molar-refractivity contribution in [2.75, 3.05) is 33.8 Å². The molecule has 39 heavy (non-hydrogen) atoms. The molecule has 1 saturated carbocycles. The monoisotopic (exact) mass is 543 g/mol. The number of nitrogens with zero attached hydrogens (tertiary/aromatic N) is 3. The van der Waals surface area contributed by atoms with Crippen LogP contribution in [0.5, 0.6) is 5.75 Å². The first-order chi connectivity index (χ1) is 18.5. The highest BCUT2D eigenvalue weighted by Gasteiger charge is 2.62. The van der Waals surface area contributed by atoms with Gasteiger partial charge < -0.3 is 19.6 Å². The summed E-state index contributed by atoms with van der Waals surface area (Å²) in [5, 5.41) is 20.0. The summed E-state index contributed by atoms with van der Waals surface area (Å²) in [6.07, 6.45) is -2.17. The Balaban J connectivity index is 1.27. The number of carbonyl (C=O) groups is 2. The molecule has 3 atom stereocenters. The van der Waals surface area contributed by atoms with Gasteiger partial charge in [-0.05, 0) is 61.6 Å². The number of piperidine rings is 1. The summed E-state index contributed by atoms with van der Waals surface area (Å²) < 4.78 is 47.5. The number of nitriles is 1. The molecule has 4 rings (SSSR count). The van der Waals surface area contributed by atoms with Crippen LogP contribution < -0.4 is 4.74 Å². The summed E-state index contributed by atoms with van der Waals surface area (Å²) in [6, 6.07) is 13.4. The molecule has 2 amide bonds. The number of alkyl halides is 3. The second-order valence-corrected chi connectivity index (χ2v) is 10.5. The van der Waals surface area contributed by atoms with Crippen molar-refractivity contribution in [2.24, 2.45) is 17.8 Å². The molecule has 2 aromatic rings. The largest absolute Gasteiger partial charge is 0.494 e. The number of aliphatic hydroxyl groups is 1. The molecule has 1 aliphatic carbocycles. The number of likely N-dealkylation sites (tertiary alicyclic amines) is 1. The van der Waals surface area contributed by atoms with E-state index in [0.29, 0.717) is 48.5 Å². The molecular formula is C29H32F3N3O4. The molecule has 10 heteroatoms. The Morgan fingerprint density at radius 2 is 1.79 bits per heavy atom. The third-order valence-corrected chi connectivity index (χ3v) is 7.83. The van der Waals surface area contributed by atoms with Gasteiger partial charge in [0, 0.05) is 32.7 Å². The first-order valence-electron chi connectivity index (χ1n) is 13.0. The molecule has 2 aliphatic rings. The summed E-state index contributed by atoms with van der Waals surface area (Å²) in [5.41, 5.74) is -3.47. The Morgan fingerprint density at radius 3 is 2.38 bits per heavy atom. The molecular weight excluding hydrogens is 511 g/mol. The number of halogens is 3. The predicted molar refractivity (Wildman–Crippen MR) is 137 cm³/mol. The molecule has 0 bridgehead atoms. The van der Waals surface area contributed by atoms with E-state index in [9.17, 15) is 33.1 Å². The quantitative estimate of drug-likeness (QED) is 0.534. The fraction of sp³-hybridized carbons (Fsp3) is 0.483. The highest BCUT2D eigenvalue weighted by atomic mass is 19.4. The molecule has 0 radical (unpaired) electrons. The van der Waals surface area contributed by atoms with Crippen molar-refractivity contribution in [2.45, 2.75) is 37.5 Å². The lowest BCUT2D eigenvalue weighted by atomic mass is 9.87. The Hall–Kier alpha value is -3.58. The number of hydrogen-bond donors (Lipinski definition) is 1. The van der Waals surface area contributed by atoms with E-state index in [1.807, 2.05) is 6.07 Å². The van der Waals surface area contributed by atoms with Crippen LogP contribution in [0.15, 0.2) is 48.5 Å². The van der Waals surface area contributed by atoms with E-state index >= 15 is 0 Å². The standard InChI is InChI=1S/C29H32F3N3O4/c1-34(2)26(36)24-9-8-23(16-21(24)18-33)39-15-12-20-17-25(20)19-10-13-35(14-11-19)27(37)28(38,29(30,31)32)22-6-4-3-5-7-22/h3-9,16,19-20,25,38H,10-15,17H2,1-2H3/t20-,25-,28?/m0/s1. The second-order valence-electron chi connectivity index (χ2n) is 10.5. The minimum absolute atomic E-state index is 0.170. The molecule has 0 aromatic heterocycles. The Labute approximate surface area is 225 Å². The van der Waals surface area contributed by atoms with Gasteiger partial charge in [0.1, 0.15) is 11.8 Å². The normalized spacial score (nSPS) is 21.0. The van der Waals surface area contributed by atoms with E-state index in [1.54, 1.807) is 32.3 Å². The number of hydrogen-bond acceptors (Lipinski definition) is 5. The second kappa shape index (κ2) is 11.3. The zero-order chi connectivity index (χ0) is 28.4. The molecule has 0 spiro atoms. The number of rotatable bonds is 8. The van der Waals surface area contributed by atoms with Gasteiger partial charge in [-0.15, -0.1) is 0 Å². The van der Waals surface area contributed by atoms with E-state index in [0.717, 1.165) is 29.9 Å². The SMILES string of the molecule is CN(C)C(=O)c1ccc(OCC[C@H]2C[C@H]2C2CCN(C(=O)C(O)(c3ccccc3)C(F)(F)F)CC2)cc1C#N. The van der Waals surface area contributed by atoms with Gasteiger partial charge in [-0.3, -0.25) is 9.59 Å². The van der Waals surface area contributed by atoms with E-state index in [4.69, 9.17) is 4.74 Å². The predicted octanol–water partition coefficient (Wildman–Crippen LogP) is 4.35. The molecule has 1 aliphatic heterocycles. The Kier molecular flexibility index (Phi) is 8.21. The molecule has 1 saturated heterocycles. The maximum atomic E-state index is 13.9. The summed E-state index contributed by atoms with van der Waals surface area (Å²) in [7, 11) is 3.24. The lowest BCUT2D eigenvalue weighted by Crippen LogP contribution is -2.57. The van der Waals surface area contributed by atoms with Crippen molar-refractivity contribution < 1.29 is 32.6 Å². The average Bonchev–Trinajstić information content (AvgIpc) is 3.71. The summed E-state index contributed by atoms with van der Waals surface area (Å²) in [6.45, 7) is 0.785. The summed E-state index contributed by atoms with van der Waals surface area (Å²) in [4.78, 5) is 27.7. The van der Waals surface area contributed by atoms with Crippen molar-refractivity contribution in [1.82, 2.24) is 9.80 Å². The van der Waals surface area contributed by atoms with Crippen molar-refractivity contribution in [3.8, 4) is 11.8 Å². The highest BCUT2D eigenvalue weighted by molar-refractivity contribution is 5.96. The van der Waals surface area contributed by atoms with Crippen LogP contribution in [0.4, 0.5) is 13.2 Å².